The second-order valence-corrected chi connectivity index (χ2v) is 39.6. The molecule has 18 nitrogen and oxygen atoms in total. The molecule has 6 aromatic carbocycles. The quantitative estimate of drug-likeness (QED) is 0.00898. The number of nitro benzene ring substituents is 1. The highest BCUT2D eigenvalue weighted by Gasteiger charge is 2.21. The maximum absolute atomic E-state index is 11.7. The Morgan fingerprint density at radius 1 is 0.286 bits per heavy atom. The van der Waals surface area contributed by atoms with E-state index >= 15 is 0 Å². The van der Waals surface area contributed by atoms with E-state index in [-0.39, 0.29) is 62.7 Å². The van der Waals surface area contributed by atoms with Crippen LogP contribution in [-0.2, 0) is 10.2 Å². The summed E-state index contributed by atoms with van der Waals surface area (Å²) in [5, 5.41) is 70.1. The molecule has 6 aromatic rings. The standard InChI is InChI=1S/C22H36O4.C22H38O2.C20H33NO4.C20H34O2.C19H32O3.C18H29ClO2/c1-3-4-5-6-7-8-9-10-11-12-13-14-18-26-21-19(22(24)25-2)16-15-17-20(21)23;1-5-6-7-8-9-10-11-12-13-14-17-24-21-16-15-19(18-20(21)23)22(2,3)4;1-2-3-4-5-6-7-8-9-10-11-12-13-17-25-20-18(21(23)24)15-14-16-19(20)22;1-2-3-4-5-6-7-8-9-10-11-12-15-18-22-20-17-14-13-16-19(20)21;1-3-4-5-6-7-8-9-10-11-12-15-22-19-14-13-17(21-2)16-18(19)20;1-2-3-4-5-6-7-8-9-10-11-14-21-18-13-12-16(19)15-17(18)20/h15-17,23H,3-14,18H2,1-2H3;15-16,18,23H,5-14,17H2,1-4H3;14-16,22H,2-13,17H2,1H3;13-14,16-17,21H,2-12,15,18H2,1H3;13-14,16,20H,3-12,15H2,1-2H3;12-13,15,20H,2-11,14H2,1H3. The number of esters is 1. The Balaban J connectivity index is 0.000000841. The van der Waals surface area contributed by atoms with E-state index in [1.165, 1.54) is 410 Å². The number of rotatable bonds is 81. The highest BCUT2D eigenvalue weighted by molar-refractivity contribution is 6.30. The topological polar surface area (TPSA) is 255 Å². The van der Waals surface area contributed by atoms with Gasteiger partial charge in [-0.15, -0.1) is 0 Å². The average Bonchev–Trinajstić information content (AvgIpc) is 0.900. The summed E-state index contributed by atoms with van der Waals surface area (Å²) in [6, 6.07) is 32.0. The molecular formula is C121H202ClNO17. The second-order valence-electron chi connectivity index (χ2n) is 39.2. The Hall–Kier alpha value is -8.12. The molecule has 0 unspecified atom stereocenters. The van der Waals surface area contributed by atoms with Crippen LogP contribution in [0.2, 0.25) is 5.02 Å². The zero-order valence-corrected chi connectivity index (χ0v) is 91.1. The van der Waals surface area contributed by atoms with Crippen LogP contribution < -0.4 is 33.2 Å². The van der Waals surface area contributed by atoms with Crippen molar-refractivity contribution in [3.8, 4) is 74.7 Å². The lowest BCUT2D eigenvalue weighted by atomic mass is 9.87. The molecule has 6 rings (SSSR count). The van der Waals surface area contributed by atoms with Gasteiger partial charge in [-0.2, -0.15) is 0 Å². The minimum absolute atomic E-state index is 0.0180. The van der Waals surface area contributed by atoms with Crippen LogP contribution in [-0.4, -0.2) is 95.4 Å². The maximum atomic E-state index is 11.7. The fourth-order valence-electron chi connectivity index (χ4n) is 16.5. The van der Waals surface area contributed by atoms with Gasteiger partial charge in [0.15, 0.2) is 63.2 Å². The van der Waals surface area contributed by atoms with Crippen LogP contribution in [0.15, 0.2) is 115 Å². The van der Waals surface area contributed by atoms with Crippen LogP contribution >= 0.6 is 11.6 Å². The van der Waals surface area contributed by atoms with Gasteiger partial charge in [-0.3, -0.25) is 10.1 Å². The molecule has 19 heteroatoms. The summed E-state index contributed by atoms with van der Waals surface area (Å²) in [7, 11) is 2.90. The molecule has 0 radical (unpaired) electrons. The van der Waals surface area contributed by atoms with E-state index in [2.05, 4.69) is 62.3 Å². The smallest absolute Gasteiger partial charge is 0.341 e. The number of halogens is 1. The van der Waals surface area contributed by atoms with Gasteiger partial charge in [-0.1, -0.05) is 489 Å². The van der Waals surface area contributed by atoms with E-state index in [1.54, 1.807) is 55.6 Å². The third-order valence-electron chi connectivity index (χ3n) is 25.4. The Morgan fingerprint density at radius 2 is 0.543 bits per heavy atom. The summed E-state index contributed by atoms with van der Waals surface area (Å²) in [6.07, 6.45) is 86.1. The first-order valence-electron chi connectivity index (χ1n) is 56.3. The fourth-order valence-corrected chi connectivity index (χ4v) is 16.6. The first kappa shape index (κ1) is 130. The van der Waals surface area contributed by atoms with Crippen molar-refractivity contribution in [3.05, 3.63) is 142 Å². The van der Waals surface area contributed by atoms with E-state index < -0.39 is 10.9 Å². The number of ether oxygens (including phenoxy) is 8. The molecule has 0 saturated carbocycles. The number of nitrogens with zero attached hydrogens (tertiary/aromatic N) is 1. The second kappa shape index (κ2) is 93.2. The first-order chi connectivity index (χ1) is 68.2. The lowest BCUT2D eigenvalue weighted by Gasteiger charge is -2.20. The van der Waals surface area contributed by atoms with Crippen LogP contribution in [0.3, 0.4) is 0 Å². The minimum atomic E-state index is -0.530. The van der Waals surface area contributed by atoms with Crippen molar-refractivity contribution in [2.45, 2.75) is 492 Å². The highest BCUT2D eigenvalue weighted by atomic mass is 35.5. The molecule has 140 heavy (non-hydrogen) atoms. The van der Waals surface area contributed by atoms with Crippen LogP contribution in [0.4, 0.5) is 5.69 Å². The minimum Gasteiger partial charge on any atom is -0.504 e. The summed E-state index contributed by atoms with van der Waals surface area (Å²) < 4.78 is 43.3. The number of aromatic hydroxyl groups is 6. The van der Waals surface area contributed by atoms with Crippen LogP contribution in [0, 0.1) is 10.1 Å². The van der Waals surface area contributed by atoms with Gasteiger partial charge in [-0.25, -0.2) is 4.79 Å². The molecule has 0 atom stereocenters. The summed E-state index contributed by atoms with van der Waals surface area (Å²) in [5.41, 5.74) is 1.27. The molecule has 0 aliphatic heterocycles. The number of phenols is 6. The van der Waals surface area contributed by atoms with Gasteiger partial charge >= 0.3 is 11.7 Å². The van der Waals surface area contributed by atoms with E-state index in [0.717, 1.165) is 56.9 Å². The van der Waals surface area contributed by atoms with E-state index in [1.807, 2.05) is 36.4 Å². The van der Waals surface area contributed by atoms with Gasteiger partial charge in [-0.05, 0) is 116 Å². The Labute approximate surface area is 858 Å². The molecule has 0 aromatic heterocycles. The van der Waals surface area contributed by atoms with Crippen molar-refractivity contribution in [2.75, 3.05) is 53.9 Å². The number of phenolic OH excluding ortho intramolecular Hbond substituents is 6. The van der Waals surface area contributed by atoms with Crippen molar-refractivity contribution in [2.24, 2.45) is 0 Å². The van der Waals surface area contributed by atoms with E-state index in [9.17, 15) is 45.5 Å². The van der Waals surface area contributed by atoms with Gasteiger partial charge in [0, 0.05) is 23.2 Å². The molecule has 0 bridgehead atoms. The molecule has 0 heterocycles. The summed E-state index contributed by atoms with van der Waals surface area (Å²) in [4.78, 5) is 22.1. The SMILES string of the molecule is CCCCCCCCCCCCCCOc1c(O)cccc1C(=O)OC.CCCCCCCCCCCCCCOc1c(O)cccc1[N+](=O)[O-].CCCCCCCCCCCCCCOc1ccccc1O.CCCCCCCCCCCCOc1ccc(C(C)(C)C)cc1O.CCCCCCCCCCCCOc1ccc(Cl)cc1O.CCCCCCCCCCCCOc1ccc(OC)cc1O. The van der Waals surface area contributed by atoms with Crippen molar-refractivity contribution < 1.29 is 78.3 Å². The third kappa shape index (κ3) is 73.0. The molecule has 6 N–H and O–H groups in total. The van der Waals surface area contributed by atoms with Crippen molar-refractivity contribution >= 4 is 23.3 Å². The van der Waals surface area contributed by atoms with Gasteiger partial charge < -0.3 is 68.5 Å². The number of nitro groups is 1. The number of hydrogen-bond acceptors (Lipinski definition) is 17. The third-order valence-corrected chi connectivity index (χ3v) is 25.6. The lowest BCUT2D eigenvalue weighted by molar-refractivity contribution is -0.386. The number of carbonyl (C=O) groups excluding carboxylic acids is 1. The largest absolute Gasteiger partial charge is 0.504 e. The van der Waals surface area contributed by atoms with E-state index in [0.29, 0.717) is 73.4 Å². The molecule has 0 spiro atoms. The normalized spacial score (nSPS) is 10.9. The summed E-state index contributed by atoms with van der Waals surface area (Å²) in [6.45, 7) is 23.6. The Morgan fingerprint density at radius 3 is 0.829 bits per heavy atom. The molecule has 0 aliphatic carbocycles. The molecular weight excluding hydrogens is 1770 g/mol. The van der Waals surface area contributed by atoms with Crippen molar-refractivity contribution in [1.82, 2.24) is 0 Å². The van der Waals surface area contributed by atoms with Gasteiger partial charge in [0.2, 0.25) is 5.75 Å². The van der Waals surface area contributed by atoms with Crippen molar-refractivity contribution in [1.29, 1.82) is 0 Å². The first-order valence-corrected chi connectivity index (χ1v) is 56.7. The number of carbonyl (C=O) groups is 1. The molecule has 800 valence electrons. The molecule has 0 amide bonds. The van der Waals surface area contributed by atoms with Crippen LogP contribution in [0.25, 0.3) is 0 Å². The Kier molecular flexibility index (Phi) is 86.5. The lowest BCUT2D eigenvalue weighted by Crippen LogP contribution is -2.10. The number of unbranched alkanes of at least 4 members (excludes halogenated alkanes) is 60. The van der Waals surface area contributed by atoms with Gasteiger partial charge in [0.25, 0.3) is 0 Å². The Bertz CT molecular complexity index is 3830. The number of hydrogen-bond donors (Lipinski definition) is 6. The van der Waals surface area contributed by atoms with Crippen LogP contribution in [0.5, 0.6) is 74.7 Å². The van der Waals surface area contributed by atoms with E-state index in [4.69, 9.17) is 49.5 Å². The number of methoxy groups -OCH3 is 2. The maximum Gasteiger partial charge on any atom is 0.341 e. The fraction of sp³-hybridized carbons (Fsp3) is 0.694. The average molecular weight is 1980 g/mol. The number of para-hydroxylation sites is 4. The number of benzene rings is 6. The zero-order chi connectivity index (χ0) is 102. The van der Waals surface area contributed by atoms with Crippen molar-refractivity contribution in [3.63, 3.8) is 0 Å². The molecule has 0 fully saturated rings. The predicted octanol–water partition coefficient (Wildman–Crippen LogP) is 38.1. The van der Waals surface area contributed by atoms with Gasteiger partial charge in [0.05, 0.1) is 58.8 Å². The zero-order valence-electron chi connectivity index (χ0n) is 90.4. The highest BCUT2D eigenvalue weighted by Crippen LogP contribution is 2.38. The van der Waals surface area contributed by atoms with Crippen LogP contribution in [0.1, 0.15) is 502 Å². The summed E-state index contributed by atoms with van der Waals surface area (Å²) in [5.74, 6) is 3.20. The molecule has 0 aliphatic rings. The predicted molar refractivity (Wildman–Crippen MR) is 589 cm³/mol. The molecule has 0 saturated heterocycles. The van der Waals surface area contributed by atoms with Gasteiger partial charge in [0.1, 0.15) is 11.3 Å². The monoisotopic (exact) mass is 1980 g/mol. The summed E-state index contributed by atoms with van der Waals surface area (Å²) >= 11 is 5.77.